The van der Waals surface area contributed by atoms with E-state index in [2.05, 4.69) is 5.32 Å². The maximum Gasteiger partial charge on any atom is 0.257 e. The molecular weight excluding hydrogens is 352 g/mol. The fourth-order valence-electron chi connectivity index (χ4n) is 1.96. The quantitative estimate of drug-likeness (QED) is 0.800. The number of anilines is 2. The Labute approximate surface area is 140 Å². The maximum absolute atomic E-state index is 13.9. The first-order valence-electron chi connectivity index (χ1n) is 6.33. The van der Waals surface area contributed by atoms with E-state index in [1.807, 2.05) is 0 Å². The third kappa shape index (κ3) is 3.71. The monoisotopic (exact) mass is 362 g/mol. The van der Waals surface area contributed by atoms with E-state index in [4.69, 9.17) is 23.2 Å². The van der Waals surface area contributed by atoms with Crippen LogP contribution < -0.4 is 10.2 Å². The fraction of sp³-hybridized carbons (Fsp3) is 0.133. The van der Waals surface area contributed by atoms with Crippen LogP contribution in [-0.2, 0) is 0 Å². The van der Waals surface area contributed by atoms with Crippen molar-refractivity contribution in [2.75, 3.05) is 24.3 Å². The van der Waals surface area contributed by atoms with Crippen LogP contribution in [0.25, 0.3) is 0 Å². The van der Waals surface area contributed by atoms with Crippen LogP contribution in [0.4, 0.5) is 24.5 Å². The number of amides is 1. The molecule has 0 bridgehead atoms. The summed E-state index contributed by atoms with van der Waals surface area (Å²) in [5.41, 5.74) is -0.563. The zero-order valence-electron chi connectivity index (χ0n) is 12.1. The highest BCUT2D eigenvalue weighted by atomic mass is 35.5. The van der Waals surface area contributed by atoms with Gasteiger partial charge in [-0.25, -0.2) is 13.2 Å². The van der Waals surface area contributed by atoms with E-state index in [0.717, 1.165) is 24.3 Å². The summed E-state index contributed by atoms with van der Waals surface area (Å²) in [5.74, 6) is -3.35. The summed E-state index contributed by atoms with van der Waals surface area (Å²) in [6.45, 7) is 0. The minimum absolute atomic E-state index is 0.0836. The zero-order chi connectivity index (χ0) is 17.3. The second kappa shape index (κ2) is 6.68. The summed E-state index contributed by atoms with van der Waals surface area (Å²) in [6.07, 6.45) is 0. The van der Waals surface area contributed by atoms with Crippen LogP contribution in [0, 0.1) is 17.5 Å². The first kappa shape index (κ1) is 17.4. The van der Waals surface area contributed by atoms with E-state index < -0.39 is 23.4 Å². The van der Waals surface area contributed by atoms with Gasteiger partial charge in [-0.05, 0) is 24.3 Å². The normalized spacial score (nSPS) is 10.6. The van der Waals surface area contributed by atoms with E-state index in [-0.39, 0.29) is 27.0 Å². The van der Waals surface area contributed by atoms with Crippen molar-refractivity contribution in [3.05, 3.63) is 57.3 Å². The first-order chi connectivity index (χ1) is 10.7. The second-order valence-corrected chi connectivity index (χ2v) is 5.70. The topological polar surface area (TPSA) is 32.3 Å². The van der Waals surface area contributed by atoms with Crippen LogP contribution >= 0.6 is 23.2 Å². The molecule has 0 spiro atoms. The molecule has 8 heteroatoms. The van der Waals surface area contributed by atoms with Gasteiger partial charge in [-0.1, -0.05) is 23.2 Å². The Morgan fingerprint density at radius 2 is 1.52 bits per heavy atom. The van der Waals surface area contributed by atoms with Gasteiger partial charge in [-0.15, -0.1) is 0 Å². The molecule has 2 aromatic carbocycles. The van der Waals surface area contributed by atoms with E-state index >= 15 is 0 Å². The van der Waals surface area contributed by atoms with E-state index in [0.29, 0.717) is 0 Å². The number of halogens is 5. The standard InChI is InChI=1S/C15H11Cl2F3N2O/c1-22(2)14-12(19)3-7(4-13(14)20)21-15(23)8-5-11(18)10(17)6-9(8)16/h3-6H,1-2H3,(H,21,23). The SMILES string of the molecule is CN(C)c1c(F)cc(NC(=O)c2cc(F)c(Cl)cc2Cl)cc1F. The summed E-state index contributed by atoms with van der Waals surface area (Å²) in [4.78, 5) is 13.3. The van der Waals surface area contributed by atoms with Gasteiger partial charge in [-0.2, -0.15) is 0 Å². The lowest BCUT2D eigenvalue weighted by Gasteiger charge is -2.16. The molecular formula is C15H11Cl2F3N2O. The highest BCUT2D eigenvalue weighted by Gasteiger charge is 2.17. The van der Waals surface area contributed by atoms with Crippen LogP contribution in [0.2, 0.25) is 10.0 Å². The highest BCUT2D eigenvalue weighted by Crippen LogP contribution is 2.28. The van der Waals surface area contributed by atoms with Crippen molar-refractivity contribution in [1.82, 2.24) is 0 Å². The molecule has 0 aliphatic rings. The van der Waals surface area contributed by atoms with Crippen molar-refractivity contribution in [2.24, 2.45) is 0 Å². The lowest BCUT2D eigenvalue weighted by molar-refractivity contribution is 0.102. The van der Waals surface area contributed by atoms with Gasteiger partial charge in [0.25, 0.3) is 5.91 Å². The molecule has 0 fully saturated rings. The van der Waals surface area contributed by atoms with Gasteiger partial charge in [-0.3, -0.25) is 4.79 Å². The van der Waals surface area contributed by atoms with Crippen molar-refractivity contribution in [2.45, 2.75) is 0 Å². The predicted molar refractivity (Wildman–Crippen MR) is 85.1 cm³/mol. The Balaban J connectivity index is 2.33. The zero-order valence-corrected chi connectivity index (χ0v) is 13.6. The molecule has 0 saturated heterocycles. The Morgan fingerprint density at radius 3 is 2.04 bits per heavy atom. The van der Waals surface area contributed by atoms with Gasteiger partial charge in [0.2, 0.25) is 0 Å². The minimum Gasteiger partial charge on any atom is -0.373 e. The lowest BCUT2D eigenvalue weighted by Crippen LogP contribution is -2.16. The van der Waals surface area contributed by atoms with Gasteiger partial charge >= 0.3 is 0 Å². The molecule has 0 atom stereocenters. The molecule has 0 radical (unpaired) electrons. The summed E-state index contributed by atoms with van der Waals surface area (Å²) in [7, 11) is 2.96. The van der Waals surface area contributed by atoms with E-state index in [1.165, 1.54) is 19.0 Å². The van der Waals surface area contributed by atoms with E-state index in [1.54, 1.807) is 0 Å². The molecule has 0 aromatic heterocycles. The summed E-state index contributed by atoms with van der Waals surface area (Å²) < 4.78 is 41.2. The van der Waals surface area contributed by atoms with Crippen molar-refractivity contribution >= 4 is 40.5 Å². The molecule has 0 aliphatic carbocycles. The van der Waals surface area contributed by atoms with E-state index in [9.17, 15) is 18.0 Å². The molecule has 1 N–H and O–H groups in total. The predicted octanol–water partition coefficient (Wildman–Crippen LogP) is 4.73. The van der Waals surface area contributed by atoms with Gasteiger partial charge in [0.05, 0.1) is 15.6 Å². The third-order valence-electron chi connectivity index (χ3n) is 2.98. The van der Waals surface area contributed by atoms with Gasteiger partial charge in [0.15, 0.2) is 11.6 Å². The summed E-state index contributed by atoms with van der Waals surface area (Å²) >= 11 is 11.4. The molecule has 1 amide bonds. The Hall–Kier alpha value is -1.92. The van der Waals surface area contributed by atoms with Crippen molar-refractivity contribution in [1.29, 1.82) is 0 Å². The number of benzene rings is 2. The number of hydrogen-bond acceptors (Lipinski definition) is 2. The van der Waals surface area contributed by atoms with Crippen molar-refractivity contribution in [3.63, 3.8) is 0 Å². The molecule has 0 unspecified atom stereocenters. The molecule has 23 heavy (non-hydrogen) atoms. The third-order valence-corrected chi connectivity index (χ3v) is 3.58. The number of rotatable bonds is 3. The van der Waals surface area contributed by atoms with Crippen molar-refractivity contribution < 1.29 is 18.0 Å². The second-order valence-electron chi connectivity index (χ2n) is 4.88. The van der Waals surface area contributed by atoms with Gasteiger partial charge in [0, 0.05) is 19.8 Å². The number of nitrogens with zero attached hydrogens (tertiary/aromatic N) is 1. The molecule has 3 nitrogen and oxygen atoms in total. The Morgan fingerprint density at radius 1 is 0.957 bits per heavy atom. The van der Waals surface area contributed by atoms with Crippen LogP contribution in [-0.4, -0.2) is 20.0 Å². The molecule has 0 aliphatic heterocycles. The van der Waals surface area contributed by atoms with Crippen LogP contribution in [0.3, 0.4) is 0 Å². The smallest absolute Gasteiger partial charge is 0.257 e. The molecule has 122 valence electrons. The number of carbonyl (C=O) groups is 1. The minimum atomic E-state index is -0.848. The lowest BCUT2D eigenvalue weighted by atomic mass is 10.2. The average molecular weight is 363 g/mol. The van der Waals surface area contributed by atoms with Crippen molar-refractivity contribution in [3.8, 4) is 0 Å². The van der Waals surface area contributed by atoms with Crippen LogP contribution in [0.5, 0.6) is 0 Å². The first-order valence-corrected chi connectivity index (χ1v) is 7.08. The van der Waals surface area contributed by atoms with Gasteiger partial charge in [0.1, 0.15) is 11.5 Å². The Kier molecular flexibility index (Phi) is 5.06. The van der Waals surface area contributed by atoms with Crippen LogP contribution in [0.1, 0.15) is 10.4 Å². The largest absolute Gasteiger partial charge is 0.373 e. The fourth-order valence-corrected chi connectivity index (χ4v) is 2.43. The molecule has 0 saturated carbocycles. The molecule has 0 heterocycles. The Bertz CT molecular complexity index is 759. The van der Waals surface area contributed by atoms with Crippen LogP contribution in [0.15, 0.2) is 24.3 Å². The number of hydrogen-bond donors (Lipinski definition) is 1. The maximum atomic E-state index is 13.9. The average Bonchev–Trinajstić information content (AvgIpc) is 2.41. The highest BCUT2D eigenvalue weighted by molar-refractivity contribution is 6.37. The number of carbonyl (C=O) groups excluding carboxylic acids is 1. The molecule has 2 aromatic rings. The summed E-state index contributed by atoms with van der Waals surface area (Å²) in [5, 5.41) is 1.94. The summed E-state index contributed by atoms with van der Waals surface area (Å²) in [6, 6.07) is 3.83. The number of nitrogens with one attached hydrogen (secondary N) is 1. The van der Waals surface area contributed by atoms with Gasteiger partial charge < -0.3 is 10.2 Å². The molecule has 2 rings (SSSR count).